The summed E-state index contributed by atoms with van der Waals surface area (Å²) in [6.45, 7) is 3.20. The molecule has 0 spiro atoms. The number of hydrogen-bond acceptors (Lipinski definition) is 4. The number of rotatable bonds is 3. The van der Waals surface area contributed by atoms with E-state index in [2.05, 4.69) is 15.3 Å². The van der Waals surface area contributed by atoms with Gasteiger partial charge in [-0.1, -0.05) is 23.7 Å². The van der Waals surface area contributed by atoms with E-state index in [0.29, 0.717) is 29.9 Å². The van der Waals surface area contributed by atoms with Crippen LogP contribution in [0.1, 0.15) is 15.9 Å². The van der Waals surface area contributed by atoms with Crippen molar-refractivity contribution < 1.29 is 9.59 Å². The van der Waals surface area contributed by atoms with Crippen molar-refractivity contribution in [3.05, 3.63) is 59.0 Å². The molecular formula is C20H18ClN5O2. The van der Waals surface area contributed by atoms with E-state index in [1.165, 1.54) is 12.4 Å². The first kappa shape index (κ1) is 18.2. The molecule has 4 rings (SSSR count). The highest BCUT2D eigenvalue weighted by Crippen LogP contribution is 2.34. The summed E-state index contributed by atoms with van der Waals surface area (Å²) < 4.78 is 0. The molecule has 0 unspecified atom stereocenters. The van der Waals surface area contributed by atoms with Crippen molar-refractivity contribution in [1.29, 1.82) is 0 Å². The summed E-state index contributed by atoms with van der Waals surface area (Å²) in [4.78, 5) is 37.0. The lowest BCUT2D eigenvalue weighted by atomic mass is 10.1. The zero-order valence-electron chi connectivity index (χ0n) is 15.4. The van der Waals surface area contributed by atoms with Crippen LogP contribution in [0.4, 0.5) is 16.2 Å². The largest absolute Gasteiger partial charge is 0.326 e. The average molecular weight is 396 g/mol. The lowest BCUT2D eigenvalue weighted by Gasteiger charge is -2.21. The third-order valence-electron chi connectivity index (χ3n) is 4.80. The van der Waals surface area contributed by atoms with E-state index >= 15 is 0 Å². The van der Waals surface area contributed by atoms with E-state index in [0.717, 1.165) is 16.6 Å². The maximum atomic E-state index is 12.7. The third-order valence-corrected chi connectivity index (χ3v) is 5.10. The molecule has 2 aromatic heterocycles. The molecule has 0 radical (unpaired) electrons. The minimum Gasteiger partial charge on any atom is -0.326 e. The van der Waals surface area contributed by atoms with E-state index in [9.17, 15) is 9.59 Å². The maximum Gasteiger partial charge on any atom is 0.324 e. The Labute approximate surface area is 166 Å². The molecule has 8 heteroatoms. The summed E-state index contributed by atoms with van der Waals surface area (Å²) in [7, 11) is 1.78. The van der Waals surface area contributed by atoms with E-state index in [-0.39, 0.29) is 17.0 Å². The summed E-state index contributed by atoms with van der Waals surface area (Å²) in [6, 6.07) is 7.03. The van der Waals surface area contributed by atoms with Gasteiger partial charge in [0.2, 0.25) is 0 Å². The average Bonchev–Trinajstić information content (AvgIpc) is 3.01. The molecular weight excluding hydrogens is 378 g/mol. The van der Waals surface area contributed by atoms with Crippen LogP contribution in [-0.2, 0) is 0 Å². The van der Waals surface area contributed by atoms with E-state index in [1.54, 1.807) is 35.2 Å². The third kappa shape index (κ3) is 3.03. The molecule has 0 saturated carbocycles. The fraction of sp³-hybridized carbons (Fsp3) is 0.200. The van der Waals surface area contributed by atoms with Crippen molar-refractivity contribution in [2.75, 3.05) is 30.4 Å². The fourth-order valence-electron chi connectivity index (χ4n) is 3.37. The number of fused-ring (bicyclic) bond motifs is 1. The second kappa shape index (κ2) is 7.09. The number of nitrogens with zero attached hydrogens (tertiary/aromatic N) is 4. The van der Waals surface area contributed by atoms with Crippen molar-refractivity contribution in [2.45, 2.75) is 6.92 Å². The van der Waals surface area contributed by atoms with Crippen LogP contribution in [0.3, 0.4) is 0 Å². The molecule has 3 heterocycles. The monoisotopic (exact) mass is 395 g/mol. The maximum absolute atomic E-state index is 12.7. The summed E-state index contributed by atoms with van der Waals surface area (Å²) >= 11 is 6.08. The van der Waals surface area contributed by atoms with Crippen molar-refractivity contribution in [2.24, 2.45) is 0 Å². The minimum atomic E-state index is -0.346. The van der Waals surface area contributed by atoms with Gasteiger partial charge in [0, 0.05) is 44.1 Å². The number of amides is 3. The summed E-state index contributed by atoms with van der Waals surface area (Å²) in [5, 5.41) is 3.95. The molecule has 3 aromatic rings. The second-order valence-corrected chi connectivity index (χ2v) is 7.06. The number of urea groups is 1. The molecule has 1 aliphatic rings. The molecule has 28 heavy (non-hydrogen) atoms. The number of hydrogen-bond donors (Lipinski definition) is 1. The van der Waals surface area contributed by atoms with Gasteiger partial charge in [-0.3, -0.25) is 19.7 Å². The van der Waals surface area contributed by atoms with Crippen LogP contribution in [0.5, 0.6) is 0 Å². The number of aromatic nitrogens is 2. The molecule has 1 saturated heterocycles. The van der Waals surface area contributed by atoms with Gasteiger partial charge in [-0.15, -0.1) is 0 Å². The molecule has 1 fully saturated rings. The lowest BCUT2D eigenvalue weighted by Crippen LogP contribution is -2.30. The van der Waals surface area contributed by atoms with Crippen LogP contribution in [0.25, 0.3) is 10.9 Å². The van der Waals surface area contributed by atoms with Gasteiger partial charge in [-0.05, 0) is 24.6 Å². The van der Waals surface area contributed by atoms with Crippen LogP contribution in [-0.4, -0.2) is 46.9 Å². The Bertz CT molecular complexity index is 1100. The number of nitrogens with one attached hydrogen (secondary N) is 1. The number of aryl methyl sites for hydroxylation is 1. The van der Waals surface area contributed by atoms with Gasteiger partial charge in [-0.2, -0.15) is 0 Å². The molecule has 1 aromatic carbocycles. The lowest BCUT2D eigenvalue weighted by molar-refractivity contribution is 0.102. The number of anilines is 2. The second-order valence-electron chi connectivity index (χ2n) is 6.66. The molecule has 142 valence electrons. The molecule has 3 amide bonds. The highest BCUT2D eigenvalue weighted by Gasteiger charge is 2.29. The van der Waals surface area contributed by atoms with Gasteiger partial charge >= 0.3 is 6.03 Å². The first-order valence-electron chi connectivity index (χ1n) is 8.79. The summed E-state index contributed by atoms with van der Waals surface area (Å²) in [6.07, 6.45) is 4.66. The molecule has 0 atom stereocenters. The number of carbonyl (C=O) groups excluding carboxylic acids is 2. The van der Waals surface area contributed by atoms with Gasteiger partial charge in [0.15, 0.2) is 0 Å². The van der Waals surface area contributed by atoms with E-state index in [4.69, 9.17) is 11.6 Å². The number of carbonyl (C=O) groups is 2. The predicted molar refractivity (Wildman–Crippen MR) is 109 cm³/mol. The highest BCUT2D eigenvalue weighted by molar-refractivity contribution is 6.34. The fourth-order valence-corrected chi connectivity index (χ4v) is 3.58. The zero-order chi connectivity index (χ0) is 19.8. The number of benzene rings is 1. The molecule has 7 nitrogen and oxygen atoms in total. The highest BCUT2D eigenvalue weighted by atomic mass is 35.5. The number of para-hydroxylation sites is 1. The van der Waals surface area contributed by atoms with E-state index in [1.807, 2.05) is 19.1 Å². The molecule has 1 aliphatic heterocycles. The predicted octanol–water partition coefficient (Wildman–Crippen LogP) is 3.72. The van der Waals surface area contributed by atoms with Gasteiger partial charge in [0.25, 0.3) is 5.91 Å². The standard InChI is InChI=1S/C20H18ClN5O2/c1-12-10-23-17-14(18(12)26-9-8-25(2)20(26)28)4-3-5-16(17)24-19(27)13-6-7-22-11-15(13)21/h3-7,10-11H,8-9H2,1-2H3,(H,24,27). The van der Waals surface area contributed by atoms with Crippen LogP contribution < -0.4 is 10.2 Å². The Balaban J connectivity index is 1.78. The number of likely N-dealkylation sites (N-methyl/N-ethyl adjacent to an activating group) is 1. The topological polar surface area (TPSA) is 78.4 Å². The van der Waals surface area contributed by atoms with Crippen molar-refractivity contribution in [3.8, 4) is 0 Å². The van der Waals surface area contributed by atoms with Crippen LogP contribution in [0.15, 0.2) is 42.9 Å². The van der Waals surface area contributed by atoms with Crippen molar-refractivity contribution in [1.82, 2.24) is 14.9 Å². The van der Waals surface area contributed by atoms with Crippen molar-refractivity contribution in [3.63, 3.8) is 0 Å². The Kier molecular flexibility index (Phi) is 4.60. The molecule has 0 bridgehead atoms. The number of halogens is 1. The first-order chi connectivity index (χ1) is 13.5. The van der Waals surface area contributed by atoms with E-state index < -0.39 is 0 Å². The zero-order valence-corrected chi connectivity index (χ0v) is 16.2. The van der Waals surface area contributed by atoms with Gasteiger partial charge in [0.05, 0.1) is 27.5 Å². The smallest absolute Gasteiger partial charge is 0.324 e. The summed E-state index contributed by atoms with van der Waals surface area (Å²) in [5.41, 5.74) is 3.21. The normalized spacial score (nSPS) is 14.0. The van der Waals surface area contributed by atoms with Crippen LogP contribution in [0.2, 0.25) is 5.02 Å². The SMILES string of the molecule is Cc1cnc2c(NC(=O)c3ccncc3Cl)cccc2c1N1CCN(C)C1=O. The molecule has 1 N–H and O–H groups in total. The van der Waals surface area contributed by atoms with Gasteiger partial charge in [-0.25, -0.2) is 4.79 Å². The summed E-state index contributed by atoms with van der Waals surface area (Å²) in [5.74, 6) is -0.346. The first-order valence-corrected chi connectivity index (χ1v) is 9.17. The van der Waals surface area contributed by atoms with Gasteiger partial charge in [0.1, 0.15) is 0 Å². The Hall–Kier alpha value is -3.19. The Morgan fingerprint density at radius 2 is 2.04 bits per heavy atom. The Morgan fingerprint density at radius 3 is 2.75 bits per heavy atom. The molecule has 0 aliphatic carbocycles. The minimum absolute atomic E-state index is 0.0476. The van der Waals surface area contributed by atoms with Crippen molar-refractivity contribution >= 4 is 45.8 Å². The number of pyridine rings is 2. The van der Waals surface area contributed by atoms with Crippen LogP contribution >= 0.6 is 11.6 Å². The quantitative estimate of drug-likeness (QED) is 0.733. The Morgan fingerprint density at radius 1 is 1.21 bits per heavy atom. The van der Waals surface area contributed by atoms with Gasteiger partial charge < -0.3 is 10.2 Å². The van der Waals surface area contributed by atoms with Crippen LogP contribution in [0, 0.1) is 6.92 Å².